The lowest BCUT2D eigenvalue weighted by molar-refractivity contribution is -0.130. The average molecular weight is 357 g/mol. The number of hydrogen-bond donors (Lipinski definition) is 0. The summed E-state index contributed by atoms with van der Waals surface area (Å²) in [6.45, 7) is 5.38. The lowest BCUT2D eigenvalue weighted by atomic mass is 10.2. The molecule has 132 valence electrons. The number of amides is 1. The lowest BCUT2D eigenvalue weighted by Crippen LogP contribution is -2.30. The second kappa shape index (κ2) is 7.70. The monoisotopic (exact) mass is 357 g/mol. The number of thiophene rings is 1. The Morgan fingerprint density at radius 2 is 2.16 bits per heavy atom. The Kier molecular flexibility index (Phi) is 5.38. The number of carbonyl (C=O) groups is 1. The van der Waals surface area contributed by atoms with Gasteiger partial charge >= 0.3 is 0 Å². The van der Waals surface area contributed by atoms with Gasteiger partial charge in [0.1, 0.15) is 11.5 Å². The highest BCUT2D eigenvalue weighted by atomic mass is 32.1. The Morgan fingerprint density at radius 1 is 1.32 bits per heavy atom. The van der Waals surface area contributed by atoms with E-state index in [1.54, 1.807) is 16.2 Å². The molecule has 0 saturated heterocycles. The summed E-state index contributed by atoms with van der Waals surface area (Å²) in [6.07, 6.45) is 1.07. The minimum atomic E-state index is 0.121. The molecule has 0 saturated carbocycles. The molecule has 0 spiro atoms. The Hall–Kier alpha value is -2.34. The summed E-state index contributed by atoms with van der Waals surface area (Å²) in [5.74, 6) is 1.84. The van der Waals surface area contributed by atoms with Crippen molar-refractivity contribution in [2.45, 2.75) is 33.2 Å². The fourth-order valence-electron chi connectivity index (χ4n) is 2.76. The largest absolute Gasteiger partial charge is 0.460 e. The van der Waals surface area contributed by atoms with E-state index in [1.165, 1.54) is 0 Å². The normalized spacial score (nSPS) is 11.0. The van der Waals surface area contributed by atoms with E-state index < -0.39 is 0 Å². The van der Waals surface area contributed by atoms with Crippen LogP contribution in [0.25, 0.3) is 10.6 Å². The zero-order valence-corrected chi connectivity index (χ0v) is 15.7. The highest BCUT2D eigenvalue weighted by molar-refractivity contribution is 7.13. The smallest absolute Gasteiger partial charge is 0.222 e. The fraction of sp³-hybridized carbons (Fsp3) is 0.368. The summed E-state index contributed by atoms with van der Waals surface area (Å²) in [4.78, 5) is 15.2. The van der Waals surface area contributed by atoms with Gasteiger partial charge in [-0.05, 0) is 43.5 Å². The number of aryl methyl sites for hydroxylation is 3. The maximum atomic E-state index is 12.3. The van der Waals surface area contributed by atoms with Gasteiger partial charge in [-0.15, -0.1) is 11.3 Å². The summed E-state index contributed by atoms with van der Waals surface area (Å²) in [7, 11) is 1.84. The quantitative estimate of drug-likeness (QED) is 0.644. The zero-order chi connectivity index (χ0) is 17.8. The Bertz CT molecular complexity index is 833. The molecule has 0 bridgehead atoms. The van der Waals surface area contributed by atoms with Gasteiger partial charge < -0.3 is 9.32 Å². The van der Waals surface area contributed by atoms with Crippen LogP contribution in [0, 0.1) is 13.8 Å². The van der Waals surface area contributed by atoms with Crippen molar-refractivity contribution in [3.63, 3.8) is 0 Å². The SMILES string of the molecule is Cc1cc(C)n(CCN(C)C(=O)CCc2ccc(-c3cccs3)o2)n1. The van der Waals surface area contributed by atoms with E-state index in [0.29, 0.717) is 25.9 Å². The first-order valence-corrected chi connectivity index (χ1v) is 9.28. The molecule has 0 aromatic carbocycles. The summed E-state index contributed by atoms with van der Waals surface area (Å²) >= 11 is 1.65. The Morgan fingerprint density at radius 3 is 2.84 bits per heavy atom. The van der Waals surface area contributed by atoms with Gasteiger partial charge in [0, 0.05) is 32.1 Å². The molecular formula is C19H23N3O2S. The van der Waals surface area contributed by atoms with Gasteiger partial charge in [-0.1, -0.05) is 6.07 Å². The summed E-state index contributed by atoms with van der Waals surface area (Å²) in [5, 5.41) is 6.45. The molecule has 25 heavy (non-hydrogen) atoms. The van der Waals surface area contributed by atoms with Crippen LogP contribution < -0.4 is 0 Å². The van der Waals surface area contributed by atoms with Crippen molar-refractivity contribution >= 4 is 17.2 Å². The first-order valence-electron chi connectivity index (χ1n) is 8.40. The third-order valence-corrected chi connectivity index (χ3v) is 5.07. The maximum Gasteiger partial charge on any atom is 0.222 e. The number of carbonyl (C=O) groups excluding carboxylic acids is 1. The van der Waals surface area contributed by atoms with E-state index >= 15 is 0 Å². The third kappa shape index (κ3) is 4.39. The van der Waals surface area contributed by atoms with Gasteiger partial charge in [-0.25, -0.2) is 0 Å². The van der Waals surface area contributed by atoms with Crippen molar-refractivity contribution in [1.82, 2.24) is 14.7 Å². The predicted molar refractivity (Wildman–Crippen MR) is 99.7 cm³/mol. The van der Waals surface area contributed by atoms with E-state index in [-0.39, 0.29) is 5.91 Å². The van der Waals surface area contributed by atoms with Crippen LogP contribution in [0.4, 0.5) is 0 Å². The lowest BCUT2D eigenvalue weighted by Gasteiger charge is -2.17. The predicted octanol–water partition coefficient (Wildman–Crippen LogP) is 3.91. The number of hydrogen-bond acceptors (Lipinski definition) is 4. The molecule has 0 aliphatic heterocycles. The Balaban J connectivity index is 1.48. The van der Waals surface area contributed by atoms with E-state index in [2.05, 4.69) is 5.10 Å². The van der Waals surface area contributed by atoms with Gasteiger partial charge in [0.15, 0.2) is 0 Å². The fourth-order valence-corrected chi connectivity index (χ4v) is 3.44. The molecule has 6 heteroatoms. The van der Waals surface area contributed by atoms with Crippen LogP contribution in [0.15, 0.2) is 40.1 Å². The first kappa shape index (κ1) is 17.5. The highest BCUT2D eigenvalue weighted by Crippen LogP contribution is 2.26. The van der Waals surface area contributed by atoms with Crippen molar-refractivity contribution in [3.8, 4) is 10.6 Å². The van der Waals surface area contributed by atoms with Gasteiger partial charge in [0.25, 0.3) is 0 Å². The van der Waals surface area contributed by atoms with Crippen LogP contribution in [0.1, 0.15) is 23.6 Å². The molecule has 0 radical (unpaired) electrons. The van der Waals surface area contributed by atoms with Gasteiger partial charge in [0.2, 0.25) is 5.91 Å². The molecule has 0 aliphatic carbocycles. The molecule has 5 nitrogen and oxygen atoms in total. The zero-order valence-electron chi connectivity index (χ0n) is 14.9. The topological polar surface area (TPSA) is 51.3 Å². The Labute approximate surface area is 151 Å². The molecule has 0 N–H and O–H groups in total. The van der Waals surface area contributed by atoms with E-state index in [1.807, 2.05) is 61.3 Å². The molecule has 3 rings (SSSR count). The molecule has 1 amide bonds. The number of aromatic nitrogens is 2. The van der Waals surface area contributed by atoms with Crippen LogP contribution in [-0.4, -0.2) is 34.2 Å². The van der Waals surface area contributed by atoms with Crippen LogP contribution in [0.2, 0.25) is 0 Å². The molecule has 3 heterocycles. The average Bonchev–Trinajstić information content (AvgIpc) is 3.31. The van der Waals surface area contributed by atoms with E-state index in [9.17, 15) is 4.79 Å². The summed E-state index contributed by atoms with van der Waals surface area (Å²) in [5.41, 5.74) is 2.13. The van der Waals surface area contributed by atoms with Crippen molar-refractivity contribution in [2.75, 3.05) is 13.6 Å². The van der Waals surface area contributed by atoms with Gasteiger partial charge in [-0.3, -0.25) is 9.48 Å². The maximum absolute atomic E-state index is 12.3. The van der Waals surface area contributed by atoms with Crippen molar-refractivity contribution in [1.29, 1.82) is 0 Å². The van der Waals surface area contributed by atoms with E-state index in [0.717, 1.165) is 27.8 Å². The molecule has 0 atom stereocenters. The standard InChI is InChI=1S/C19H23N3O2S/c1-14-13-15(2)22(20-14)11-10-21(3)19(23)9-7-16-6-8-17(24-16)18-5-4-12-25-18/h4-6,8,12-13H,7,9-11H2,1-3H3. The van der Waals surface area contributed by atoms with Crippen molar-refractivity contribution < 1.29 is 9.21 Å². The molecule has 3 aromatic rings. The second-order valence-corrected chi connectivity index (χ2v) is 7.16. The summed E-state index contributed by atoms with van der Waals surface area (Å²) < 4.78 is 7.77. The number of nitrogens with zero attached hydrogens (tertiary/aromatic N) is 3. The van der Waals surface area contributed by atoms with Crippen molar-refractivity contribution in [2.24, 2.45) is 0 Å². The molecule has 0 aliphatic rings. The number of likely N-dealkylation sites (N-methyl/N-ethyl adjacent to an activating group) is 1. The molecule has 0 unspecified atom stereocenters. The second-order valence-electron chi connectivity index (χ2n) is 6.21. The summed E-state index contributed by atoms with van der Waals surface area (Å²) in [6, 6.07) is 10.0. The van der Waals surface area contributed by atoms with Crippen LogP contribution in [0.3, 0.4) is 0 Å². The van der Waals surface area contributed by atoms with Crippen molar-refractivity contribution in [3.05, 3.63) is 52.9 Å². The minimum Gasteiger partial charge on any atom is -0.460 e. The van der Waals surface area contributed by atoms with Crippen LogP contribution in [0.5, 0.6) is 0 Å². The van der Waals surface area contributed by atoms with Crippen LogP contribution in [-0.2, 0) is 17.8 Å². The van der Waals surface area contributed by atoms with E-state index in [4.69, 9.17) is 4.42 Å². The van der Waals surface area contributed by atoms with Crippen LogP contribution >= 0.6 is 11.3 Å². The third-order valence-electron chi connectivity index (χ3n) is 4.19. The molecule has 0 fully saturated rings. The highest BCUT2D eigenvalue weighted by Gasteiger charge is 2.12. The molecule has 3 aromatic heterocycles. The molecular weight excluding hydrogens is 334 g/mol. The van der Waals surface area contributed by atoms with Gasteiger partial charge in [-0.2, -0.15) is 5.10 Å². The number of rotatable bonds is 7. The van der Waals surface area contributed by atoms with Gasteiger partial charge in [0.05, 0.1) is 17.1 Å². The first-order chi connectivity index (χ1) is 12.0. The minimum absolute atomic E-state index is 0.121. The number of furan rings is 1.